The van der Waals surface area contributed by atoms with Crippen molar-refractivity contribution in [2.45, 2.75) is 20.3 Å². The van der Waals surface area contributed by atoms with E-state index in [1.807, 2.05) is 6.92 Å². The minimum Gasteiger partial charge on any atom is -0.356 e. The fourth-order valence-corrected chi connectivity index (χ4v) is 1.30. The fraction of sp³-hybridized carbons (Fsp3) is 0.889. The molecule has 0 spiro atoms. The molecule has 0 bridgehead atoms. The maximum absolute atomic E-state index is 11.2. The predicted molar refractivity (Wildman–Crippen MR) is 50.2 cm³/mol. The largest absolute Gasteiger partial charge is 0.356 e. The lowest BCUT2D eigenvalue weighted by atomic mass is 10.2. The van der Waals surface area contributed by atoms with Gasteiger partial charge in [0.25, 0.3) is 0 Å². The van der Waals surface area contributed by atoms with Gasteiger partial charge in [-0.2, -0.15) is 0 Å². The summed E-state index contributed by atoms with van der Waals surface area (Å²) in [5.74, 6) is 1.96. The molecule has 1 saturated carbocycles. The molecule has 3 atom stereocenters. The van der Waals surface area contributed by atoms with Gasteiger partial charge in [-0.25, -0.2) is 0 Å². The number of carbonyl (C=O) groups excluding carboxylic acids is 1. The lowest BCUT2D eigenvalue weighted by Crippen LogP contribution is -2.31. The molecule has 0 heterocycles. The first-order chi connectivity index (χ1) is 5.65. The van der Waals surface area contributed by atoms with E-state index >= 15 is 0 Å². The van der Waals surface area contributed by atoms with Crippen LogP contribution >= 0.6 is 11.6 Å². The number of amides is 1. The zero-order valence-corrected chi connectivity index (χ0v) is 8.40. The molecular formula is C9H16ClNO. The first-order valence-corrected chi connectivity index (χ1v) is 5.02. The lowest BCUT2D eigenvalue weighted by Gasteiger charge is -2.08. The quantitative estimate of drug-likeness (QED) is 0.670. The molecule has 0 saturated heterocycles. The van der Waals surface area contributed by atoms with Crippen LogP contribution in [0.5, 0.6) is 0 Å². The van der Waals surface area contributed by atoms with Crippen molar-refractivity contribution in [3.8, 4) is 0 Å². The Balaban J connectivity index is 2.10. The van der Waals surface area contributed by atoms with Gasteiger partial charge in [-0.15, -0.1) is 11.6 Å². The second-order valence-corrected chi connectivity index (χ2v) is 4.08. The van der Waals surface area contributed by atoms with E-state index in [-0.39, 0.29) is 11.8 Å². The fourth-order valence-electron chi connectivity index (χ4n) is 1.16. The Morgan fingerprint density at radius 3 is 2.75 bits per heavy atom. The summed E-state index contributed by atoms with van der Waals surface area (Å²) >= 11 is 5.55. The minimum atomic E-state index is -0.0549. The summed E-state index contributed by atoms with van der Waals surface area (Å²) in [5.41, 5.74) is 0. The number of carbonyl (C=O) groups is 1. The molecule has 1 rings (SSSR count). The van der Waals surface area contributed by atoms with Crippen molar-refractivity contribution in [2.24, 2.45) is 17.8 Å². The summed E-state index contributed by atoms with van der Waals surface area (Å²) < 4.78 is 0. The van der Waals surface area contributed by atoms with Crippen LogP contribution in [0.15, 0.2) is 0 Å². The van der Waals surface area contributed by atoms with Crippen LogP contribution in [0.3, 0.4) is 0 Å². The monoisotopic (exact) mass is 189 g/mol. The molecule has 1 aliphatic rings. The van der Waals surface area contributed by atoms with Crippen LogP contribution in [0.4, 0.5) is 0 Å². The average molecular weight is 190 g/mol. The van der Waals surface area contributed by atoms with E-state index in [1.54, 1.807) is 0 Å². The van der Waals surface area contributed by atoms with Gasteiger partial charge in [0.2, 0.25) is 5.91 Å². The Morgan fingerprint density at radius 2 is 2.33 bits per heavy atom. The van der Waals surface area contributed by atoms with Gasteiger partial charge in [-0.3, -0.25) is 4.79 Å². The Kier molecular flexibility index (Phi) is 3.39. The van der Waals surface area contributed by atoms with Crippen molar-refractivity contribution in [3.63, 3.8) is 0 Å². The van der Waals surface area contributed by atoms with Gasteiger partial charge in [0.05, 0.1) is 0 Å². The molecule has 70 valence electrons. The van der Waals surface area contributed by atoms with Crippen LogP contribution in [0, 0.1) is 17.8 Å². The van der Waals surface area contributed by atoms with E-state index in [0.717, 1.165) is 18.4 Å². The summed E-state index contributed by atoms with van der Waals surface area (Å²) in [6, 6.07) is 0. The van der Waals surface area contributed by atoms with Crippen molar-refractivity contribution >= 4 is 17.5 Å². The third-order valence-corrected chi connectivity index (χ3v) is 2.96. The molecule has 1 fully saturated rings. The first kappa shape index (κ1) is 9.85. The molecule has 1 N–H and O–H groups in total. The number of nitrogens with one attached hydrogen (secondary N) is 1. The first-order valence-electron chi connectivity index (χ1n) is 4.48. The maximum Gasteiger partial charge on any atom is 0.224 e. The molecule has 1 amide bonds. The van der Waals surface area contributed by atoms with Gasteiger partial charge >= 0.3 is 0 Å². The van der Waals surface area contributed by atoms with Crippen molar-refractivity contribution in [3.05, 3.63) is 0 Å². The van der Waals surface area contributed by atoms with Crippen molar-refractivity contribution in [1.29, 1.82) is 0 Å². The lowest BCUT2D eigenvalue weighted by molar-refractivity contribution is -0.123. The topological polar surface area (TPSA) is 29.1 Å². The molecule has 2 nitrogen and oxygen atoms in total. The Bertz CT molecular complexity index is 172. The highest BCUT2D eigenvalue weighted by Gasteiger charge is 2.32. The van der Waals surface area contributed by atoms with Crippen LogP contribution < -0.4 is 5.32 Å². The van der Waals surface area contributed by atoms with E-state index in [0.29, 0.717) is 5.88 Å². The minimum absolute atomic E-state index is 0.0549. The number of rotatable bonds is 4. The van der Waals surface area contributed by atoms with Crippen molar-refractivity contribution in [2.75, 3.05) is 12.4 Å². The number of hydrogen-bond donors (Lipinski definition) is 1. The van der Waals surface area contributed by atoms with Gasteiger partial charge < -0.3 is 5.32 Å². The average Bonchev–Trinajstić information content (AvgIpc) is 2.76. The smallest absolute Gasteiger partial charge is 0.224 e. The van der Waals surface area contributed by atoms with Crippen LogP contribution in [0.1, 0.15) is 20.3 Å². The molecular weight excluding hydrogens is 174 g/mol. The Labute approximate surface area is 78.7 Å². The second-order valence-electron chi connectivity index (χ2n) is 3.77. The third kappa shape index (κ3) is 2.67. The summed E-state index contributed by atoms with van der Waals surface area (Å²) in [4.78, 5) is 11.2. The van der Waals surface area contributed by atoms with Gasteiger partial charge in [0, 0.05) is 18.3 Å². The van der Waals surface area contributed by atoms with Gasteiger partial charge in [0.15, 0.2) is 0 Å². The van der Waals surface area contributed by atoms with E-state index < -0.39 is 0 Å². The molecule has 0 aliphatic heterocycles. The zero-order chi connectivity index (χ0) is 9.14. The van der Waals surface area contributed by atoms with E-state index in [1.165, 1.54) is 6.42 Å². The standard InChI is InChI=1S/C9H16ClNO/c1-6-3-8(6)5-11-9(12)7(2)4-10/h6-8H,3-5H2,1-2H3,(H,11,12). The van der Waals surface area contributed by atoms with Crippen LogP contribution in [0.25, 0.3) is 0 Å². The van der Waals surface area contributed by atoms with Crippen molar-refractivity contribution < 1.29 is 4.79 Å². The van der Waals surface area contributed by atoms with E-state index in [2.05, 4.69) is 12.2 Å². The van der Waals surface area contributed by atoms with Crippen LogP contribution in [-0.2, 0) is 4.79 Å². The highest BCUT2D eigenvalue weighted by atomic mass is 35.5. The Hall–Kier alpha value is -0.240. The zero-order valence-electron chi connectivity index (χ0n) is 7.64. The maximum atomic E-state index is 11.2. The molecule has 0 aromatic carbocycles. The SMILES string of the molecule is CC(CCl)C(=O)NCC1CC1C. The predicted octanol–water partition coefficient (Wildman–Crippen LogP) is 1.63. The molecule has 0 radical (unpaired) electrons. The number of hydrogen-bond acceptors (Lipinski definition) is 1. The summed E-state index contributed by atoms with van der Waals surface area (Å²) in [5, 5.41) is 2.90. The van der Waals surface area contributed by atoms with Crippen LogP contribution in [-0.4, -0.2) is 18.3 Å². The highest BCUT2D eigenvalue weighted by molar-refractivity contribution is 6.19. The molecule has 1 aliphatic carbocycles. The number of alkyl halides is 1. The normalized spacial score (nSPS) is 29.6. The van der Waals surface area contributed by atoms with Gasteiger partial charge in [0.1, 0.15) is 0 Å². The number of halogens is 1. The summed E-state index contributed by atoms with van der Waals surface area (Å²) in [6.07, 6.45) is 1.26. The molecule has 3 heteroatoms. The van der Waals surface area contributed by atoms with Gasteiger partial charge in [-0.05, 0) is 18.3 Å². The Morgan fingerprint density at radius 1 is 1.75 bits per heavy atom. The molecule has 12 heavy (non-hydrogen) atoms. The molecule has 0 aromatic rings. The third-order valence-electron chi connectivity index (χ3n) is 2.49. The van der Waals surface area contributed by atoms with E-state index in [4.69, 9.17) is 11.6 Å². The summed E-state index contributed by atoms with van der Waals surface area (Å²) in [7, 11) is 0. The van der Waals surface area contributed by atoms with E-state index in [9.17, 15) is 4.79 Å². The summed E-state index contributed by atoms with van der Waals surface area (Å²) in [6.45, 7) is 4.89. The molecule has 0 aromatic heterocycles. The van der Waals surface area contributed by atoms with Gasteiger partial charge in [-0.1, -0.05) is 13.8 Å². The highest BCUT2D eigenvalue weighted by Crippen LogP contribution is 2.36. The van der Waals surface area contributed by atoms with Crippen molar-refractivity contribution in [1.82, 2.24) is 5.32 Å². The van der Waals surface area contributed by atoms with Crippen LogP contribution in [0.2, 0.25) is 0 Å². The molecule has 3 unspecified atom stereocenters. The second kappa shape index (κ2) is 4.13.